The van der Waals surface area contributed by atoms with Crippen molar-refractivity contribution >= 4 is 22.6 Å². The highest BCUT2D eigenvalue weighted by atomic mass is 19.4. The minimum atomic E-state index is -4.48. The van der Waals surface area contributed by atoms with E-state index in [0.717, 1.165) is 12.1 Å². The minimum Gasteiger partial charge on any atom is -0.462 e. The van der Waals surface area contributed by atoms with E-state index in [1.54, 1.807) is 13.8 Å². The largest absolute Gasteiger partial charge is 0.462 e. The smallest absolute Gasteiger partial charge is 0.416 e. The molecule has 0 aliphatic carbocycles. The van der Waals surface area contributed by atoms with Gasteiger partial charge in [0.25, 0.3) is 0 Å². The van der Waals surface area contributed by atoms with Gasteiger partial charge < -0.3 is 10.1 Å². The summed E-state index contributed by atoms with van der Waals surface area (Å²) in [4.78, 5) is 16.6. The second-order valence-corrected chi connectivity index (χ2v) is 6.77. The second-order valence-electron chi connectivity index (χ2n) is 6.77. The van der Waals surface area contributed by atoms with E-state index < -0.39 is 23.2 Å². The van der Waals surface area contributed by atoms with Crippen molar-refractivity contribution in [2.75, 3.05) is 11.9 Å². The first-order chi connectivity index (χ1) is 11.4. The Morgan fingerprint density at radius 2 is 1.84 bits per heavy atom. The van der Waals surface area contributed by atoms with Gasteiger partial charge >= 0.3 is 12.1 Å². The number of carbonyl (C=O) groups excluding carboxylic acids is 1. The number of ether oxygens (including phenoxy) is 1. The van der Waals surface area contributed by atoms with Crippen molar-refractivity contribution in [2.45, 2.75) is 46.3 Å². The molecular formula is C18H21F3N2O2. The van der Waals surface area contributed by atoms with E-state index in [1.165, 1.54) is 6.07 Å². The number of aryl methyl sites for hydroxylation is 1. The van der Waals surface area contributed by atoms with Crippen molar-refractivity contribution in [3.63, 3.8) is 0 Å². The van der Waals surface area contributed by atoms with Gasteiger partial charge in [-0.3, -0.25) is 0 Å². The van der Waals surface area contributed by atoms with E-state index >= 15 is 0 Å². The third-order valence-corrected chi connectivity index (χ3v) is 3.49. The van der Waals surface area contributed by atoms with Crippen molar-refractivity contribution in [3.05, 3.63) is 35.0 Å². The van der Waals surface area contributed by atoms with Crippen LogP contribution in [0.15, 0.2) is 18.2 Å². The Bertz CT molecular complexity index is 809. The summed E-state index contributed by atoms with van der Waals surface area (Å²) in [5.74, 6) is -0.293. The number of fused-ring (bicyclic) bond motifs is 1. The summed E-state index contributed by atoms with van der Waals surface area (Å²) in [5, 5.41) is 3.73. The number of anilines is 1. The molecule has 136 valence electrons. The maximum absolute atomic E-state index is 13.1. The highest BCUT2D eigenvalue weighted by Crippen LogP contribution is 2.36. The van der Waals surface area contributed by atoms with E-state index in [2.05, 4.69) is 10.3 Å². The van der Waals surface area contributed by atoms with Crippen LogP contribution < -0.4 is 5.32 Å². The van der Waals surface area contributed by atoms with Crippen LogP contribution in [0.25, 0.3) is 10.8 Å². The molecule has 1 N–H and O–H groups in total. The Kier molecular flexibility index (Phi) is 4.97. The van der Waals surface area contributed by atoms with Crippen LogP contribution in [0, 0.1) is 6.92 Å². The average molecular weight is 354 g/mol. The van der Waals surface area contributed by atoms with Crippen molar-refractivity contribution < 1.29 is 22.7 Å². The number of aromatic nitrogens is 1. The molecule has 0 aliphatic heterocycles. The van der Waals surface area contributed by atoms with Gasteiger partial charge in [0, 0.05) is 16.3 Å². The molecule has 0 bridgehead atoms. The molecule has 7 heteroatoms. The molecule has 0 saturated heterocycles. The first-order valence-corrected chi connectivity index (χ1v) is 7.91. The molecule has 0 radical (unpaired) electrons. The molecule has 0 amide bonds. The molecular weight excluding hydrogens is 333 g/mol. The molecule has 2 aromatic rings. The first-order valence-electron chi connectivity index (χ1n) is 7.91. The van der Waals surface area contributed by atoms with Crippen LogP contribution in [-0.2, 0) is 10.9 Å². The summed E-state index contributed by atoms with van der Waals surface area (Å²) in [6.45, 7) is 9.11. The second kappa shape index (κ2) is 6.54. The number of alkyl halides is 3. The zero-order valence-corrected chi connectivity index (χ0v) is 14.8. The van der Waals surface area contributed by atoms with Crippen LogP contribution in [0.1, 0.15) is 49.3 Å². The van der Waals surface area contributed by atoms with Gasteiger partial charge in [0.2, 0.25) is 0 Å². The van der Waals surface area contributed by atoms with E-state index in [-0.39, 0.29) is 17.6 Å². The predicted molar refractivity (Wildman–Crippen MR) is 90.8 cm³/mol. The van der Waals surface area contributed by atoms with E-state index in [0.29, 0.717) is 16.9 Å². The lowest BCUT2D eigenvalue weighted by Gasteiger charge is -2.24. The lowest BCUT2D eigenvalue weighted by molar-refractivity contribution is -0.137. The molecule has 0 fully saturated rings. The van der Waals surface area contributed by atoms with Crippen LogP contribution in [0.5, 0.6) is 0 Å². The highest BCUT2D eigenvalue weighted by molar-refractivity contribution is 6.08. The van der Waals surface area contributed by atoms with Gasteiger partial charge in [0.1, 0.15) is 5.82 Å². The maximum Gasteiger partial charge on any atom is 0.416 e. The third-order valence-electron chi connectivity index (χ3n) is 3.49. The fraction of sp³-hybridized carbons (Fsp3) is 0.444. The molecule has 1 heterocycles. The average Bonchev–Trinajstić information content (AvgIpc) is 2.44. The van der Waals surface area contributed by atoms with E-state index in [1.807, 2.05) is 20.8 Å². The van der Waals surface area contributed by atoms with E-state index in [9.17, 15) is 18.0 Å². The summed E-state index contributed by atoms with van der Waals surface area (Å²) < 4.78 is 44.4. The quantitative estimate of drug-likeness (QED) is 0.793. The molecule has 0 saturated carbocycles. The number of rotatable bonds is 3. The molecule has 25 heavy (non-hydrogen) atoms. The topological polar surface area (TPSA) is 51.2 Å². The Morgan fingerprint density at radius 3 is 2.36 bits per heavy atom. The summed E-state index contributed by atoms with van der Waals surface area (Å²) in [6.07, 6.45) is -4.48. The van der Waals surface area contributed by atoms with Crippen LogP contribution >= 0.6 is 0 Å². The van der Waals surface area contributed by atoms with Gasteiger partial charge in [-0.25, -0.2) is 9.78 Å². The van der Waals surface area contributed by atoms with Crippen LogP contribution in [-0.4, -0.2) is 23.1 Å². The minimum absolute atomic E-state index is 0.169. The summed E-state index contributed by atoms with van der Waals surface area (Å²) in [6, 6.07) is 3.27. The number of pyridine rings is 1. The third kappa shape index (κ3) is 4.21. The van der Waals surface area contributed by atoms with Crippen molar-refractivity contribution in [1.82, 2.24) is 4.98 Å². The zero-order chi connectivity index (χ0) is 19.0. The zero-order valence-electron chi connectivity index (χ0n) is 14.8. The maximum atomic E-state index is 13.1. The fourth-order valence-electron chi connectivity index (χ4n) is 2.52. The molecule has 2 rings (SSSR count). The number of nitrogens with one attached hydrogen (secondary N) is 1. The van der Waals surface area contributed by atoms with Crippen molar-refractivity contribution in [2.24, 2.45) is 0 Å². The Morgan fingerprint density at radius 1 is 1.20 bits per heavy atom. The molecule has 4 nitrogen and oxygen atoms in total. The summed E-state index contributed by atoms with van der Waals surface area (Å²) in [7, 11) is 0. The van der Waals surface area contributed by atoms with Gasteiger partial charge in [-0.1, -0.05) is 6.07 Å². The Labute approximate surface area is 144 Å². The first kappa shape index (κ1) is 19.0. The Balaban J connectivity index is 2.79. The van der Waals surface area contributed by atoms with Crippen LogP contribution in [0.4, 0.5) is 19.0 Å². The van der Waals surface area contributed by atoms with Crippen LogP contribution in [0.2, 0.25) is 0 Å². The van der Waals surface area contributed by atoms with Gasteiger partial charge in [-0.15, -0.1) is 0 Å². The summed E-state index contributed by atoms with van der Waals surface area (Å²) in [5.41, 5.74) is -0.619. The molecule has 1 aromatic heterocycles. The molecule has 0 atom stereocenters. The number of nitrogens with zero attached hydrogens (tertiary/aromatic N) is 1. The molecule has 0 unspecified atom stereocenters. The highest BCUT2D eigenvalue weighted by Gasteiger charge is 2.32. The number of carbonyl (C=O) groups is 1. The van der Waals surface area contributed by atoms with Gasteiger partial charge in [-0.05, 0) is 46.8 Å². The van der Waals surface area contributed by atoms with Gasteiger partial charge in [0.05, 0.1) is 23.4 Å². The Hall–Kier alpha value is -2.31. The fourth-order valence-corrected chi connectivity index (χ4v) is 2.52. The normalized spacial score (nSPS) is 12.3. The number of hydrogen-bond donors (Lipinski definition) is 1. The van der Waals surface area contributed by atoms with Crippen LogP contribution in [0.3, 0.4) is 0 Å². The monoisotopic (exact) mass is 354 g/mol. The standard InChI is InChI=1S/C18H21F3N2O2/c1-6-25-16(24)14-10(2)22-15(23-17(3,4)5)13-9-11(18(19,20)21)7-8-12(13)14/h7-9H,6H2,1-5H3,(H,22,23). The lowest BCUT2D eigenvalue weighted by Crippen LogP contribution is -2.27. The molecule has 1 aromatic carbocycles. The SMILES string of the molecule is CCOC(=O)c1c(C)nc(NC(C)(C)C)c2cc(C(F)(F)F)ccc12. The number of benzene rings is 1. The molecule has 0 spiro atoms. The van der Waals surface area contributed by atoms with Crippen molar-refractivity contribution in [3.8, 4) is 0 Å². The summed E-state index contributed by atoms with van der Waals surface area (Å²) >= 11 is 0. The number of esters is 1. The van der Waals surface area contributed by atoms with Gasteiger partial charge in [-0.2, -0.15) is 13.2 Å². The van der Waals surface area contributed by atoms with Gasteiger partial charge in [0.15, 0.2) is 0 Å². The number of hydrogen-bond acceptors (Lipinski definition) is 4. The molecule has 0 aliphatic rings. The number of halogens is 3. The van der Waals surface area contributed by atoms with E-state index in [4.69, 9.17) is 4.74 Å². The van der Waals surface area contributed by atoms with Crippen molar-refractivity contribution in [1.29, 1.82) is 0 Å². The predicted octanol–water partition coefficient (Wildman–Crippen LogP) is 4.95. The lowest BCUT2D eigenvalue weighted by atomic mass is 10.00.